The molecule has 3 aromatic heterocycles. The molecule has 0 bridgehead atoms. The van der Waals surface area contributed by atoms with Gasteiger partial charge in [-0.15, -0.1) is 11.8 Å². The maximum atomic E-state index is 13.4. The molecule has 256 valence electrons. The van der Waals surface area contributed by atoms with Crippen molar-refractivity contribution in [3.8, 4) is 0 Å². The van der Waals surface area contributed by atoms with E-state index in [0.717, 1.165) is 27.3 Å². The third kappa shape index (κ3) is 6.90. The Morgan fingerprint density at radius 3 is 2.75 bits per heavy atom. The fourth-order valence-electron chi connectivity index (χ4n) is 5.31. The van der Waals surface area contributed by atoms with Crippen molar-refractivity contribution < 1.29 is 43.5 Å². The Morgan fingerprint density at radius 1 is 1.35 bits per heavy atom. The summed E-state index contributed by atoms with van der Waals surface area (Å²) < 4.78 is 8.86. The van der Waals surface area contributed by atoms with Gasteiger partial charge in [-0.1, -0.05) is 28.1 Å². The van der Waals surface area contributed by atoms with Gasteiger partial charge in [0.2, 0.25) is 11.6 Å². The standard InChI is InChI=1S/C28H32ClN9O8S2/c1-12(26(41)42)46-35-19(18-22(29)48-28(32)34-18)23(39)33-20-24(40)38-21(27(43)44)13(11-47-25(20)38)9-36-6-3-4-15-16(36)8-17(31)37(15)7-5-14(30)10-45-2/h3-4,6,8,12,14,20,25,31H,5,7,9-11,30H2,1-2H3,(H5,32,33,34,39,41,42,43,44)/b35-19-/t12-,14-,20+,25?/m0/s1. The molecule has 17 nitrogen and oxygen atoms in total. The van der Waals surface area contributed by atoms with Crippen LogP contribution in [0.25, 0.3) is 11.0 Å². The Labute approximate surface area is 286 Å². The summed E-state index contributed by atoms with van der Waals surface area (Å²) >= 11 is 8.27. The number of hydrogen-bond donors (Lipinski definition) is 5. The van der Waals surface area contributed by atoms with Crippen molar-refractivity contribution in [1.29, 1.82) is 0 Å². The van der Waals surface area contributed by atoms with Crippen LogP contribution in [0.4, 0.5) is 10.9 Å². The molecule has 1 unspecified atom stereocenters. The van der Waals surface area contributed by atoms with Gasteiger partial charge >= 0.3 is 5.97 Å². The monoisotopic (exact) mass is 721 g/mol. The predicted molar refractivity (Wildman–Crippen MR) is 174 cm³/mol. The van der Waals surface area contributed by atoms with Crippen LogP contribution in [0.2, 0.25) is 4.34 Å². The number of aromatic nitrogens is 3. The number of fused-ring (bicyclic) bond motifs is 2. The van der Waals surface area contributed by atoms with Gasteiger partial charge in [-0.3, -0.25) is 14.5 Å². The number of hydrogen-bond acceptors (Lipinski definition) is 14. The molecule has 0 saturated carbocycles. The number of carbonyl (C=O) groups excluding carboxylic acids is 3. The zero-order valence-electron chi connectivity index (χ0n) is 25.6. The number of carboxylic acids is 2. The number of aryl methyl sites for hydroxylation is 1. The zero-order valence-corrected chi connectivity index (χ0v) is 28.0. The van der Waals surface area contributed by atoms with Gasteiger partial charge in [0.25, 0.3) is 11.8 Å². The molecule has 0 aliphatic carbocycles. The van der Waals surface area contributed by atoms with E-state index >= 15 is 0 Å². The second-order valence-corrected chi connectivity index (χ2v) is 13.7. The van der Waals surface area contributed by atoms with Crippen LogP contribution in [-0.4, -0.2) is 92.1 Å². The SMILES string of the molecule is COC[C@@H](N)CCn1c(N)cc2c1ccc[n+]2CC1=C(C(=O)[O-])N2C(=O)[C@@H](NC(=O)/C(=N\O[C@@H](C)C(=O)O)c3nc(N)sc3Cl)C2SC1. The van der Waals surface area contributed by atoms with Gasteiger partial charge in [0, 0.05) is 37.1 Å². The lowest BCUT2D eigenvalue weighted by atomic mass is 10.0. The van der Waals surface area contributed by atoms with E-state index in [2.05, 4.69) is 15.5 Å². The normalized spacial score (nSPS) is 19.1. The molecule has 1 saturated heterocycles. The number of nitrogens with one attached hydrogen (secondary N) is 1. The number of aliphatic carboxylic acids is 2. The Morgan fingerprint density at radius 2 is 2.10 bits per heavy atom. The minimum atomic E-state index is -1.55. The second kappa shape index (κ2) is 14.4. The van der Waals surface area contributed by atoms with Gasteiger partial charge in [-0.25, -0.2) is 9.78 Å². The summed E-state index contributed by atoms with van der Waals surface area (Å²) in [6, 6.07) is 4.16. The van der Waals surface area contributed by atoms with Crippen LogP contribution >= 0.6 is 34.7 Å². The Hall–Kier alpha value is -4.43. The van der Waals surface area contributed by atoms with E-state index in [1.165, 1.54) is 18.7 Å². The Kier molecular flexibility index (Phi) is 10.4. The summed E-state index contributed by atoms with van der Waals surface area (Å²) in [6.45, 7) is 2.26. The van der Waals surface area contributed by atoms with Crippen molar-refractivity contribution in [3.05, 3.63) is 45.7 Å². The molecule has 2 amide bonds. The molecule has 2 aliphatic heterocycles. The molecule has 20 heteroatoms. The van der Waals surface area contributed by atoms with Gasteiger partial charge in [0.15, 0.2) is 23.6 Å². The molecule has 4 atom stereocenters. The van der Waals surface area contributed by atoms with Crippen LogP contribution in [0.15, 0.2) is 40.8 Å². The molecule has 0 spiro atoms. The number of amides is 2. The first-order valence-corrected chi connectivity index (χ1v) is 16.7. The molecule has 2 aliphatic rings. The number of ether oxygens (including phenoxy) is 1. The van der Waals surface area contributed by atoms with Crippen LogP contribution < -0.4 is 32.2 Å². The number of methoxy groups -OCH3 is 1. The number of thioether (sulfide) groups is 1. The minimum Gasteiger partial charge on any atom is -0.543 e. The van der Waals surface area contributed by atoms with Crippen LogP contribution in [0.1, 0.15) is 19.0 Å². The van der Waals surface area contributed by atoms with Gasteiger partial charge in [0.1, 0.15) is 32.8 Å². The summed E-state index contributed by atoms with van der Waals surface area (Å²) in [6.07, 6.45) is 0.977. The number of thiazole rings is 1. The number of nitrogens with two attached hydrogens (primary N) is 3. The Bertz CT molecular complexity index is 1840. The van der Waals surface area contributed by atoms with Gasteiger partial charge < -0.3 is 51.7 Å². The summed E-state index contributed by atoms with van der Waals surface area (Å²) in [4.78, 5) is 60.4. The number of β-lactam (4-membered cyclic amide) rings is 1. The van der Waals surface area contributed by atoms with Crippen molar-refractivity contribution in [2.45, 2.75) is 50.0 Å². The van der Waals surface area contributed by atoms with Crippen LogP contribution in [0, 0.1) is 0 Å². The Balaban J connectivity index is 1.37. The van der Waals surface area contributed by atoms with Crippen LogP contribution in [0.5, 0.6) is 0 Å². The summed E-state index contributed by atoms with van der Waals surface area (Å²) in [5.74, 6) is -3.85. The highest BCUT2D eigenvalue weighted by Crippen LogP contribution is 2.40. The maximum absolute atomic E-state index is 13.4. The number of oxime groups is 1. The smallest absolute Gasteiger partial charge is 0.347 e. The van der Waals surface area contributed by atoms with Crippen molar-refractivity contribution in [1.82, 2.24) is 19.8 Å². The molecule has 5 rings (SSSR count). The molecule has 5 heterocycles. The lowest BCUT2D eigenvalue weighted by Crippen LogP contribution is -2.71. The third-order valence-electron chi connectivity index (χ3n) is 7.66. The third-order valence-corrected chi connectivity index (χ3v) is 10.1. The van der Waals surface area contributed by atoms with Gasteiger partial charge in [0.05, 0.1) is 24.3 Å². The molecular weight excluding hydrogens is 690 g/mol. The molecule has 1 fully saturated rings. The molecule has 8 N–H and O–H groups in total. The van der Waals surface area contributed by atoms with E-state index in [-0.39, 0.29) is 39.2 Å². The molecule has 3 aromatic rings. The van der Waals surface area contributed by atoms with E-state index in [9.17, 15) is 24.3 Å². The number of anilines is 2. The fraction of sp³-hybridized carbons (Fsp3) is 0.393. The topological polar surface area (TPSA) is 257 Å². The summed E-state index contributed by atoms with van der Waals surface area (Å²) in [7, 11) is 1.58. The van der Waals surface area contributed by atoms with Gasteiger partial charge in [-0.05, 0) is 19.4 Å². The number of nitrogen functional groups attached to an aromatic ring is 2. The number of rotatable bonds is 14. The predicted octanol–water partition coefficient (Wildman–Crippen LogP) is -1.14. The lowest BCUT2D eigenvalue weighted by molar-refractivity contribution is -0.663. The van der Waals surface area contributed by atoms with E-state index in [1.54, 1.807) is 19.4 Å². The first-order chi connectivity index (χ1) is 22.8. The van der Waals surface area contributed by atoms with E-state index < -0.39 is 47.0 Å². The summed E-state index contributed by atoms with van der Waals surface area (Å²) in [5.41, 5.74) is 19.2. The zero-order chi connectivity index (χ0) is 34.9. The minimum absolute atomic E-state index is 0.00544. The van der Waals surface area contributed by atoms with E-state index in [0.29, 0.717) is 31.0 Å². The quantitative estimate of drug-likeness (QED) is 0.0572. The molecule has 48 heavy (non-hydrogen) atoms. The first-order valence-electron chi connectivity index (χ1n) is 14.4. The van der Waals surface area contributed by atoms with Crippen LogP contribution in [-0.2, 0) is 41.8 Å². The maximum Gasteiger partial charge on any atom is 0.347 e. The van der Waals surface area contributed by atoms with Crippen molar-refractivity contribution in [3.63, 3.8) is 0 Å². The summed E-state index contributed by atoms with van der Waals surface area (Å²) in [5, 5.41) is 27.0. The highest BCUT2D eigenvalue weighted by molar-refractivity contribution is 8.00. The lowest BCUT2D eigenvalue weighted by Gasteiger charge is -2.50. The van der Waals surface area contributed by atoms with Gasteiger partial charge in [-0.2, -0.15) is 4.57 Å². The first kappa shape index (κ1) is 34.9. The number of nitrogens with zero attached hydrogens (tertiary/aromatic N) is 5. The van der Waals surface area contributed by atoms with Crippen molar-refractivity contribution in [2.75, 3.05) is 30.9 Å². The van der Waals surface area contributed by atoms with E-state index in [4.69, 9.17) is 43.5 Å². The number of halogens is 1. The van der Waals surface area contributed by atoms with Crippen molar-refractivity contribution >= 4 is 86.1 Å². The average molecular weight is 722 g/mol. The highest BCUT2D eigenvalue weighted by atomic mass is 35.5. The molecular formula is C28H32ClN9O8S2. The highest BCUT2D eigenvalue weighted by Gasteiger charge is 2.53. The van der Waals surface area contributed by atoms with E-state index in [1.807, 2.05) is 21.3 Å². The van der Waals surface area contributed by atoms with Crippen LogP contribution in [0.3, 0.4) is 0 Å². The number of carboxylic acid groups (broad SMARTS) is 2. The number of pyridine rings is 1. The fourth-order valence-corrected chi connectivity index (χ4v) is 7.58. The molecule has 0 radical (unpaired) electrons. The largest absolute Gasteiger partial charge is 0.543 e. The molecule has 0 aromatic carbocycles. The average Bonchev–Trinajstić information content (AvgIpc) is 3.55. The second-order valence-electron chi connectivity index (χ2n) is 10.9. The number of carbonyl (C=O) groups is 4. The van der Waals surface area contributed by atoms with Crippen molar-refractivity contribution in [2.24, 2.45) is 10.9 Å².